The van der Waals surface area contributed by atoms with E-state index in [0.29, 0.717) is 43.0 Å². The largest absolute Gasteiger partial charge is 0.493 e. The van der Waals surface area contributed by atoms with Crippen molar-refractivity contribution in [3.63, 3.8) is 0 Å². The molecule has 2 heterocycles. The smallest absolute Gasteiger partial charge is 0.308 e. The van der Waals surface area contributed by atoms with E-state index >= 15 is 0 Å². The molecule has 0 atom stereocenters. The Bertz CT molecular complexity index is 1350. The number of rotatable bonds is 4. The number of nitrogens with zero attached hydrogens (tertiary/aromatic N) is 3. The van der Waals surface area contributed by atoms with E-state index in [-0.39, 0.29) is 5.56 Å². The van der Waals surface area contributed by atoms with Crippen LogP contribution >= 0.6 is 22.9 Å². The molecule has 0 N–H and O–H groups in total. The Balaban J connectivity index is 1.75. The van der Waals surface area contributed by atoms with Gasteiger partial charge in [-0.05, 0) is 35.9 Å². The van der Waals surface area contributed by atoms with Gasteiger partial charge in [0.1, 0.15) is 0 Å². The first kappa shape index (κ1) is 19.1. The number of benzene rings is 2. The SMILES string of the molecule is COc1cc(/C=c2/sc3nc(-c4ccccc4Cl)nn3c2=O)ccc1OC(C)=O. The second-order valence-corrected chi connectivity index (χ2v) is 7.45. The molecule has 0 fully saturated rings. The minimum Gasteiger partial charge on any atom is -0.493 e. The number of aromatic nitrogens is 3. The number of hydrogen-bond donors (Lipinski definition) is 0. The van der Waals surface area contributed by atoms with E-state index in [0.717, 1.165) is 0 Å². The van der Waals surface area contributed by atoms with E-state index in [1.54, 1.807) is 36.4 Å². The van der Waals surface area contributed by atoms with Crippen molar-refractivity contribution in [2.24, 2.45) is 0 Å². The van der Waals surface area contributed by atoms with Gasteiger partial charge in [-0.3, -0.25) is 9.59 Å². The highest BCUT2D eigenvalue weighted by Gasteiger charge is 2.14. The monoisotopic (exact) mass is 427 g/mol. The average Bonchev–Trinajstić information content (AvgIpc) is 3.22. The van der Waals surface area contributed by atoms with Gasteiger partial charge < -0.3 is 9.47 Å². The summed E-state index contributed by atoms with van der Waals surface area (Å²) in [4.78, 5) is 28.8. The summed E-state index contributed by atoms with van der Waals surface area (Å²) in [7, 11) is 1.48. The second kappa shape index (κ2) is 7.65. The summed E-state index contributed by atoms with van der Waals surface area (Å²) in [6.07, 6.45) is 1.71. The zero-order valence-corrected chi connectivity index (χ0v) is 17.0. The van der Waals surface area contributed by atoms with Gasteiger partial charge in [-0.1, -0.05) is 41.1 Å². The molecule has 0 amide bonds. The fourth-order valence-corrected chi connectivity index (χ4v) is 3.88. The summed E-state index contributed by atoms with van der Waals surface area (Å²) < 4.78 is 12.1. The van der Waals surface area contributed by atoms with Crippen molar-refractivity contribution in [3.05, 3.63) is 67.9 Å². The third-order valence-electron chi connectivity index (χ3n) is 4.04. The number of thiazole rings is 1. The van der Waals surface area contributed by atoms with Crippen LogP contribution in [0.4, 0.5) is 0 Å². The predicted octanol–water partition coefficient (Wildman–Crippen LogP) is 2.95. The van der Waals surface area contributed by atoms with Crippen LogP contribution in [0.5, 0.6) is 11.5 Å². The zero-order chi connectivity index (χ0) is 20.5. The lowest BCUT2D eigenvalue weighted by Gasteiger charge is -2.08. The number of fused-ring (bicyclic) bond motifs is 1. The Morgan fingerprint density at radius 1 is 1.21 bits per heavy atom. The lowest BCUT2D eigenvalue weighted by Crippen LogP contribution is -2.23. The minimum absolute atomic E-state index is 0.279. The highest BCUT2D eigenvalue weighted by Crippen LogP contribution is 2.28. The van der Waals surface area contributed by atoms with Crippen LogP contribution < -0.4 is 19.6 Å². The molecule has 9 heteroatoms. The first-order chi connectivity index (χ1) is 14.0. The molecule has 4 aromatic rings. The van der Waals surface area contributed by atoms with Crippen molar-refractivity contribution < 1.29 is 14.3 Å². The van der Waals surface area contributed by atoms with Gasteiger partial charge in [-0.25, -0.2) is 0 Å². The highest BCUT2D eigenvalue weighted by molar-refractivity contribution is 7.15. The van der Waals surface area contributed by atoms with Crippen molar-refractivity contribution >= 4 is 39.9 Å². The van der Waals surface area contributed by atoms with Crippen LogP contribution in [0.3, 0.4) is 0 Å². The summed E-state index contributed by atoms with van der Waals surface area (Å²) >= 11 is 7.41. The fourth-order valence-electron chi connectivity index (χ4n) is 2.75. The average molecular weight is 428 g/mol. The molecule has 0 saturated carbocycles. The Kier molecular flexibility index (Phi) is 5.04. The van der Waals surface area contributed by atoms with Crippen LogP contribution in [0, 0.1) is 0 Å². The van der Waals surface area contributed by atoms with Crippen LogP contribution in [0.2, 0.25) is 5.02 Å². The molecule has 2 aromatic heterocycles. The highest BCUT2D eigenvalue weighted by atomic mass is 35.5. The predicted molar refractivity (Wildman–Crippen MR) is 111 cm³/mol. The number of hydrogen-bond acceptors (Lipinski definition) is 7. The summed E-state index contributed by atoms with van der Waals surface area (Å²) in [5.41, 5.74) is 1.10. The first-order valence-electron chi connectivity index (χ1n) is 8.49. The lowest BCUT2D eigenvalue weighted by molar-refractivity contribution is -0.132. The van der Waals surface area contributed by atoms with Gasteiger partial charge in [0, 0.05) is 12.5 Å². The summed E-state index contributed by atoms with van der Waals surface area (Å²) in [5.74, 6) is 0.660. The van der Waals surface area contributed by atoms with Gasteiger partial charge in [0.2, 0.25) is 4.96 Å². The molecular formula is C20H14ClN3O4S. The van der Waals surface area contributed by atoms with Crippen molar-refractivity contribution in [3.8, 4) is 22.9 Å². The van der Waals surface area contributed by atoms with Crippen LogP contribution in [-0.2, 0) is 4.79 Å². The molecule has 0 spiro atoms. The number of ether oxygens (including phenoxy) is 2. The topological polar surface area (TPSA) is 82.8 Å². The second-order valence-electron chi connectivity index (χ2n) is 6.03. The van der Waals surface area contributed by atoms with E-state index < -0.39 is 5.97 Å². The molecule has 4 rings (SSSR count). The van der Waals surface area contributed by atoms with Gasteiger partial charge in [-0.15, -0.1) is 5.10 Å². The normalized spacial score (nSPS) is 11.8. The molecule has 0 unspecified atom stereocenters. The molecule has 0 aliphatic carbocycles. The van der Waals surface area contributed by atoms with E-state index in [1.165, 1.54) is 29.9 Å². The van der Waals surface area contributed by atoms with Gasteiger partial charge in [0.05, 0.1) is 16.7 Å². The summed E-state index contributed by atoms with van der Waals surface area (Å²) in [6, 6.07) is 12.2. The van der Waals surface area contributed by atoms with Crippen molar-refractivity contribution in [2.45, 2.75) is 6.92 Å². The Hall–Kier alpha value is -3.23. The molecule has 7 nitrogen and oxygen atoms in total. The Morgan fingerprint density at radius 2 is 2.00 bits per heavy atom. The van der Waals surface area contributed by atoms with E-state index in [4.69, 9.17) is 21.1 Å². The maximum Gasteiger partial charge on any atom is 0.308 e. The van der Waals surface area contributed by atoms with E-state index in [1.807, 2.05) is 12.1 Å². The van der Waals surface area contributed by atoms with Crippen LogP contribution in [0.25, 0.3) is 22.4 Å². The number of methoxy groups -OCH3 is 1. The first-order valence-corrected chi connectivity index (χ1v) is 9.68. The molecule has 0 aliphatic rings. The molecule has 146 valence electrons. The van der Waals surface area contributed by atoms with Crippen molar-refractivity contribution in [1.29, 1.82) is 0 Å². The Labute approximate surface area is 173 Å². The summed E-state index contributed by atoms with van der Waals surface area (Å²) in [6.45, 7) is 1.31. The third-order valence-corrected chi connectivity index (χ3v) is 5.32. The van der Waals surface area contributed by atoms with Crippen LogP contribution in [0.1, 0.15) is 12.5 Å². The maximum atomic E-state index is 12.7. The molecule has 0 bridgehead atoms. The molecule has 2 aromatic carbocycles. The fraction of sp³-hybridized carbons (Fsp3) is 0.100. The quantitative estimate of drug-likeness (QED) is 0.368. The van der Waals surface area contributed by atoms with Crippen LogP contribution in [-0.4, -0.2) is 27.7 Å². The van der Waals surface area contributed by atoms with Crippen LogP contribution in [0.15, 0.2) is 47.3 Å². The van der Waals surface area contributed by atoms with Gasteiger partial charge in [0.25, 0.3) is 5.56 Å². The van der Waals surface area contributed by atoms with Gasteiger partial charge >= 0.3 is 5.97 Å². The van der Waals surface area contributed by atoms with Crippen molar-refractivity contribution in [1.82, 2.24) is 14.6 Å². The standard InChI is InChI=1S/C20H14ClN3O4S/c1-11(25)28-15-8-7-12(9-16(15)27-2)10-17-19(26)24-20(29-17)22-18(23-24)13-5-3-4-6-14(13)21/h3-10H,1-2H3/b17-10+. The molecule has 29 heavy (non-hydrogen) atoms. The number of esters is 1. The third kappa shape index (κ3) is 3.72. The molecule has 0 saturated heterocycles. The maximum absolute atomic E-state index is 12.7. The lowest BCUT2D eigenvalue weighted by atomic mass is 10.2. The van der Waals surface area contributed by atoms with Crippen molar-refractivity contribution in [2.75, 3.05) is 7.11 Å². The van der Waals surface area contributed by atoms with Gasteiger partial charge in [-0.2, -0.15) is 9.50 Å². The van der Waals surface area contributed by atoms with E-state index in [9.17, 15) is 9.59 Å². The molecular weight excluding hydrogens is 414 g/mol. The van der Waals surface area contributed by atoms with Gasteiger partial charge in [0.15, 0.2) is 17.3 Å². The van der Waals surface area contributed by atoms with E-state index in [2.05, 4.69) is 10.1 Å². The Morgan fingerprint density at radius 3 is 2.69 bits per heavy atom. The summed E-state index contributed by atoms with van der Waals surface area (Å²) in [5, 5.41) is 4.82. The number of halogens is 1. The minimum atomic E-state index is -0.443. The zero-order valence-electron chi connectivity index (χ0n) is 15.4. The molecule has 0 aliphatic heterocycles. The number of carbonyl (C=O) groups is 1. The number of carbonyl (C=O) groups excluding carboxylic acids is 1. The molecule has 0 radical (unpaired) electrons.